The fraction of sp³-hybridized carbons (Fsp3) is 0.115. The van der Waals surface area contributed by atoms with Crippen LogP contribution in [0.15, 0.2) is 77.3 Å². The predicted molar refractivity (Wildman–Crippen MR) is 124 cm³/mol. The monoisotopic (exact) mass is 496 g/mol. The Balaban J connectivity index is 1.62. The molecule has 0 unspecified atom stereocenters. The van der Waals surface area contributed by atoms with Crippen molar-refractivity contribution in [3.63, 3.8) is 0 Å². The van der Waals surface area contributed by atoms with Crippen molar-refractivity contribution in [3.8, 4) is 22.4 Å². The normalized spacial score (nSPS) is 11.2. The van der Waals surface area contributed by atoms with E-state index in [2.05, 4.69) is 10.5 Å². The summed E-state index contributed by atoms with van der Waals surface area (Å²) in [7, 11) is 1.23. The maximum atomic E-state index is 12.8. The lowest BCUT2D eigenvalue weighted by molar-refractivity contribution is -0.137. The van der Waals surface area contributed by atoms with Crippen LogP contribution in [-0.4, -0.2) is 29.2 Å². The van der Waals surface area contributed by atoms with Crippen molar-refractivity contribution in [3.05, 3.63) is 95.2 Å². The molecule has 0 bridgehead atoms. The van der Waals surface area contributed by atoms with E-state index in [0.29, 0.717) is 22.6 Å². The molecule has 7 nitrogen and oxygen atoms in total. The SMILES string of the molecule is COC(=O)c1cc(NC(=O)c2ccc(C(F)(F)F)cc2)cc(-c2ccc(-c3cc(CO)on3)cc2)c1. The van der Waals surface area contributed by atoms with Gasteiger partial charge in [0.05, 0.1) is 18.2 Å². The average Bonchev–Trinajstić information content (AvgIpc) is 3.37. The van der Waals surface area contributed by atoms with Gasteiger partial charge in [-0.25, -0.2) is 4.79 Å². The molecule has 4 aromatic rings. The van der Waals surface area contributed by atoms with Gasteiger partial charge in [-0.1, -0.05) is 29.4 Å². The van der Waals surface area contributed by atoms with Gasteiger partial charge in [-0.05, 0) is 53.6 Å². The number of amides is 1. The molecular formula is C26H19F3N2O5. The smallest absolute Gasteiger partial charge is 0.416 e. The molecule has 3 aromatic carbocycles. The number of nitrogens with one attached hydrogen (secondary N) is 1. The number of nitrogens with zero attached hydrogens (tertiary/aromatic N) is 1. The Hall–Kier alpha value is -4.44. The van der Waals surface area contributed by atoms with Gasteiger partial charge < -0.3 is 19.7 Å². The topological polar surface area (TPSA) is 102 Å². The lowest BCUT2D eigenvalue weighted by Gasteiger charge is -2.12. The summed E-state index contributed by atoms with van der Waals surface area (Å²) >= 11 is 0. The molecule has 0 spiro atoms. The molecule has 4 rings (SSSR count). The Labute approximate surface area is 203 Å². The minimum Gasteiger partial charge on any atom is -0.465 e. The number of esters is 1. The third-order valence-corrected chi connectivity index (χ3v) is 5.32. The van der Waals surface area contributed by atoms with Crippen LogP contribution in [0.2, 0.25) is 0 Å². The van der Waals surface area contributed by atoms with Crippen molar-refractivity contribution in [1.29, 1.82) is 0 Å². The van der Waals surface area contributed by atoms with Crippen LogP contribution in [0.3, 0.4) is 0 Å². The maximum Gasteiger partial charge on any atom is 0.416 e. The fourth-order valence-electron chi connectivity index (χ4n) is 3.47. The van der Waals surface area contributed by atoms with Crippen LogP contribution in [0.5, 0.6) is 0 Å². The number of carbonyl (C=O) groups is 2. The van der Waals surface area contributed by atoms with Gasteiger partial charge in [0.1, 0.15) is 12.3 Å². The van der Waals surface area contributed by atoms with Crippen molar-refractivity contribution in [1.82, 2.24) is 5.16 Å². The van der Waals surface area contributed by atoms with Gasteiger partial charge in [-0.15, -0.1) is 0 Å². The summed E-state index contributed by atoms with van der Waals surface area (Å²) in [6, 6.07) is 17.2. The molecule has 1 amide bonds. The zero-order valence-electron chi connectivity index (χ0n) is 18.8. The Morgan fingerprint density at radius 3 is 2.17 bits per heavy atom. The van der Waals surface area contributed by atoms with Crippen LogP contribution >= 0.6 is 0 Å². The Bertz CT molecular complexity index is 1390. The number of alkyl halides is 3. The van der Waals surface area contributed by atoms with E-state index in [0.717, 1.165) is 29.8 Å². The number of ether oxygens (including phenoxy) is 1. The minimum atomic E-state index is -4.51. The highest BCUT2D eigenvalue weighted by Crippen LogP contribution is 2.30. The number of carbonyl (C=O) groups excluding carboxylic acids is 2. The second-order valence-corrected chi connectivity index (χ2v) is 7.73. The van der Waals surface area contributed by atoms with Gasteiger partial charge >= 0.3 is 12.1 Å². The van der Waals surface area contributed by atoms with Crippen molar-refractivity contribution < 1.29 is 37.1 Å². The molecule has 36 heavy (non-hydrogen) atoms. The molecular weight excluding hydrogens is 477 g/mol. The minimum absolute atomic E-state index is 0.0206. The average molecular weight is 496 g/mol. The van der Waals surface area contributed by atoms with Gasteiger partial charge in [-0.3, -0.25) is 4.79 Å². The van der Waals surface area contributed by atoms with E-state index in [4.69, 9.17) is 14.4 Å². The summed E-state index contributed by atoms with van der Waals surface area (Å²) in [4.78, 5) is 24.9. The number of hydrogen-bond acceptors (Lipinski definition) is 6. The number of aliphatic hydroxyl groups is 1. The van der Waals surface area contributed by atoms with Gasteiger partial charge in [-0.2, -0.15) is 13.2 Å². The number of hydrogen-bond donors (Lipinski definition) is 2. The standard InChI is InChI=1S/C26H19F3N2O5/c1-35-25(34)19-10-18(15-2-4-16(5-3-15)23-13-22(14-32)36-31-23)11-21(12-19)30-24(33)17-6-8-20(9-7-17)26(27,28)29/h2-13,32H,14H2,1H3,(H,30,33). The highest BCUT2D eigenvalue weighted by Gasteiger charge is 2.30. The van der Waals surface area contributed by atoms with Gasteiger partial charge in [0, 0.05) is 22.9 Å². The van der Waals surface area contributed by atoms with Gasteiger partial charge in [0.2, 0.25) is 0 Å². The number of benzene rings is 3. The molecule has 1 aromatic heterocycles. The lowest BCUT2D eigenvalue weighted by Crippen LogP contribution is -2.13. The molecule has 0 aliphatic carbocycles. The summed E-state index contributed by atoms with van der Waals surface area (Å²) in [5.74, 6) is -0.941. The van der Waals surface area contributed by atoms with Gasteiger partial charge in [0.25, 0.3) is 5.91 Å². The highest BCUT2D eigenvalue weighted by molar-refractivity contribution is 6.05. The predicted octanol–water partition coefficient (Wildman–Crippen LogP) is 5.56. The van der Waals surface area contributed by atoms with Crippen LogP contribution in [-0.2, 0) is 17.5 Å². The Morgan fingerprint density at radius 1 is 0.917 bits per heavy atom. The van der Waals surface area contributed by atoms with E-state index in [1.807, 2.05) is 0 Å². The number of halogens is 3. The molecule has 10 heteroatoms. The lowest BCUT2D eigenvalue weighted by atomic mass is 9.99. The van der Waals surface area contributed by atoms with Crippen molar-refractivity contribution in [2.45, 2.75) is 12.8 Å². The van der Waals surface area contributed by atoms with Crippen LogP contribution in [0.1, 0.15) is 32.0 Å². The van der Waals surface area contributed by atoms with E-state index in [9.17, 15) is 22.8 Å². The first-order valence-corrected chi connectivity index (χ1v) is 10.6. The maximum absolute atomic E-state index is 12.8. The van der Waals surface area contributed by atoms with Crippen LogP contribution < -0.4 is 5.32 Å². The summed E-state index contributed by atoms with van der Waals surface area (Å²) in [5, 5.41) is 15.7. The van der Waals surface area contributed by atoms with Crippen LogP contribution in [0, 0.1) is 0 Å². The number of anilines is 1. The van der Waals surface area contributed by atoms with Crippen LogP contribution in [0.25, 0.3) is 22.4 Å². The number of aliphatic hydroxyl groups excluding tert-OH is 1. The largest absolute Gasteiger partial charge is 0.465 e. The molecule has 0 saturated heterocycles. The summed E-state index contributed by atoms with van der Waals surface area (Å²) in [6.07, 6.45) is -4.51. The molecule has 2 N–H and O–H groups in total. The van der Waals surface area contributed by atoms with Gasteiger partial charge in [0.15, 0.2) is 5.76 Å². The number of methoxy groups -OCH3 is 1. The molecule has 184 valence electrons. The summed E-state index contributed by atoms with van der Waals surface area (Å²) in [6.45, 7) is -0.271. The second-order valence-electron chi connectivity index (χ2n) is 7.73. The molecule has 0 saturated carbocycles. The first kappa shape index (κ1) is 24.7. The van der Waals surface area contributed by atoms with E-state index >= 15 is 0 Å². The van der Waals surface area contributed by atoms with Crippen molar-refractivity contribution >= 4 is 17.6 Å². The zero-order chi connectivity index (χ0) is 25.9. The van der Waals surface area contributed by atoms with Crippen LogP contribution in [0.4, 0.5) is 18.9 Å². The van der Waals surface area contributed by atoms with Crippen molar-refractivity contribution in [2.75, 3.05) is 12.4 Å². The van der Waals surface area contributed by atoms with E-state index in [-0.39, 0.29) is 23.4 Å². The van der Waals surface area contributed by atoms with E-state index in [1.54, 1.807) is 42.5 Å². The van der Waals surface area contributed by atoms with E-state index in [1.165, 1.54) is 13.2 Å². The molecule has 0 aliphatic rings. The number of aromatic nitrogens is 1. The van der Waals surface area contributed by atoms with Crippen molar-refractivity contribution in [2.24, 2.45) is 0 Å². The first-order chi connectivity index (χ1) is 17.2. The molecule has 0 fully saturated rings. The fourth-order valence-corrected chi connectivity index (χ4v) is 3.47. The Morgan fingerprint density at radius 2 is 1.58 bits per heavy atom. The Kier molecular flexibility index (Phi) is 6.89. The molecule has 1 heterocycles. The first-order valence-electron chi connectivity index (χ1n) is 10.6. The number of rotatable bonds is 6. The zero-order valence-corrected chi connectivity index (χ0v) is 18.8. The summed E-state index contributed by atoms with van der Waals surface area (Å²) in [5.41, 5.74) is 2.16. The third-order valence-electron chi connectivity index (χ3n) is 5.32. The molecule has 0 radical (unpaired) electrons. The third kappa shape index (κ3) is 5.44. The highest BCUT2D eigenvalue weighted by atomic mass is 19.4. The summed E-state index contributed by atoms with van der Waals surface area (Å²) < 4.78 is 48.2. The second kappa shape index (κ2) is 10.0. The molecule has 0 atom stereocenters. The van der Waals surface area contributed by atoms with E-state index < -0.39 is 23.6 Å². The quantitative estimate of drug-likeness (QED) is 0.339. The molecule has 0 aliphatic heterocycles.